The van der Waals surface area contributed by atoms with Crippen LogP contribution < -0.4 is 10.2 Å². The standard InChI is InChI=1S/C18H23N5O3/c24-16-12-17(25)21-15(16)11-13-1-4-19-18(20-13)23-5-2-14(3-6-23)22-7-9-26-10-8-22/h1,4,11,14H,2-3,5-10,12H2,(H,21,25)/b15-11-. The number of ether oxygens (including phenoxy) is 1. The SMILES string of the molecule is O=C1CC(=O)/C(=C/c2ccnc(N3CCC(N4CCOCC4)CC3)n2)N1. The molecule has 1 amide bonds. The Morgan fingerprint density at radius 1 is 1.15 bits per heavy atom. The lowest BCUT2D eigenvalue weighted by atomic mass is 10.0. The predicted molar refractivity (Wildman–Crippen MR) is 95.4 cm³/mol. The zero-order valence-corrected chi connectivity index (χ0v) is 14.7. The van der Waals surface area contributed by atoms with Crippen molar-refractivity contribution in [2.75, 3.05) is 44.3 Å². The highest BCUT2D eigenvalue weighted by molar-refractivity contribution is 6.16. The number of allylic oxidation sites excluding steroid dienone is 1. The molecule has 4 rings (SSSR count). The van der Waals surface area contributed by atoms with Gasteiger partial charge in [0.25, 0.3) is 0 Å². The van der Waals surface area contributed by atoms with Crippen LogP contribution in [0.5, 0.6) is 0 Å². The molecule has 0 aromatic carbocycles. The number of morpholine rings is 1. The average Bonchev–Trinajstić information content (AvgIpc) is 3.00. The number of carbonyl (C=O) groups is 2. The molecule has 1 aromatic heterocycles. The van der Waals surface area contributed by atoms with Crippen molar-refractivity contribution in [3.05, 3.63) is 23.7 Å². The first kappa shape index (κ1) is 17.1. The van der Waals surface area contributed by atoms with E-state index in [1.807, 2.05) is 0 Å². The number of rotatable bonds is 3. The second-order valence-corrected chi connectivity index (χ2v) is 6.85. The molecule has 4 heterocycles. The van der Waals surface area contributed by atoms with E-state index >= 15 is 0 Å². The quantitative estimate of drug-likeness (QED) is 0.611. The van der Waals surface area contributed by atoms with Crippen LogP contribution in [0.15, 0.2) is 18.0 Å². The molecule has 0 bridgehead atoms. The molecular formula is C18H23N5O3. The summed E-state index contributed by atoms with van der Waals surface area (Å²) in [6.07, 6.45) is 5.41. The van der Waals surface area contributed by atoms with Gasteiger partial charge in [-0.3, -0.25) is 14.5 Å². The van der Waals surface area contributed by atoms with Gasteiger partial charge in [-0.2, -0.15) is 0 Å². The minimum absolute atomic E-state index is 0.0845. The normalized spacial score (nSPS) is 24.3. The van der Waals surface area contributed by atoms with Gasteiger partial charge in [-0.15, -0.1) is 0 Å². The van der Waals surface area contributed by atoms with Gasteiger partial charge >= 0.3 is 0 Å². The van der Waals surface area contributed by atoms with E-state index in [0.29, 0.717) is 23.4 Å². The minimum Gasteiger partial charge on any atom is -0.379 e. The number of carbonyl (C=O) groups excluding carboxylic acids is 2. The van der Waals surface area contributed by atoms with Crippen molar-refractivity contribution in [3.8, 4) is 0 Å². The van der Waals surface area contributed by atoms with Gasteiger partial charge in [-0.25, -0.2) is 9.97 Å². The lowest BCUT2D eigenvalue weighted by molar-refractivity contribution is -0.121. The highest BCUT2D eigenvalue weighted by Gasteiger charge is 2.27. The van der Waals surface area contributed by atoms with E-state index in [1.54, 1.807) is 18.3 Å². The highest BCUT2D eigenvalue weighted by atomic mass is 16.5. The van der Waals surface area contributed by atoms with Gasteiger partial charge in [0.2, 0.25) is 11.9 Å². The van der Waals surface area contributed by atoms with Crippen molar-refractivity contribution in [1.82, 2.24) is 20.2 Å². The number of piperidine rings is 1. The summed E-state index contributed by atoms with van der Waals surface area (Å²) in [5, 5.41) is 2.58. The molecule has 0 aliphatic carbocycles. The third-order valence-electron chi connectivity index (χ3n) is 5.16. The molecule has 1 N–H and O–H groups in total. The molecule has 3 aliphatic rings. The zero-order chi connectivity index (χ0) is 17.9. The Bertz CT molecular complexity index is 721. The number of aromatic nitrogens is 2. The van der Waals surface area contributed by atoms with Crippen LogP contribution >= 0.6 is 0 Å². The highest BCUT2D eigenvalue weighted by Crippen LogP contribution is 2.21. The molecule has 0 atom stereocenters. The first-order chi connectivity index (χ1) is 12.7. The van der Waals surface area contributed by atoms with Crippen LogP contribution in [0, 0.1) is 0 Å². The Hall–Kier alpha value is -2.32. The number of Topliss-reactive ketones (excluding diaryl/α,β-unsaturated/α-hetero) is 1. The van der Waals surface area contributed by atoms with Crippen molar-refractivity contribution >= 4 is 23.7 Å². The number of ketones is 1. The first-order valence-electron chi connectivity index (χ1n) is 9.13. The van der Waals surface area contributed by atoms with Gasteiger partial charge in [0.15, 0.2) is 5.78 Å². The third kappa shape index (κ3) is 3.76. The van der Waals surface area contributed by atoms with Crippen LogP contribution in [0.1, 0.15) is 25.0 Å². The first-order valence-corrected chi connectivity index (χ1v) is 9.13. The monoisotopic (exact) mass is 357 g/mol. The van der Waals surface area contributed by atoms with Crippen molar-refractivity contribution in [2.24, 2.45) is 0 Å². The molecule has 0 spiro atoms. The van der Waals surface area contributed by atoms with E-state index in [4.69, 9.17) is 4.74 Å². The number of hydrogen-bond acceptors (Lipinski definition) is 7. The molecule has 0 unspecified atom stereocenters. The molecule has 0 radical (unpaired) electrons. The smallest absolute Gasteiger partial charge is 0.232 e. The summed E-state index contributed by atoms with van der Waals surface area (Å²) >= 11 is 0. The van der Waals surface area contributed by atoms with Crippen molar-refractivity contribution in [3.63, 3.8) is 0 Å². The molecule has 3 saturated heterocycles. The molecule has 8 heteroatoms. The number of hydrogen-bond donors (Lipinski definition) is 1. The number of anilines is 1. The van der Waals surface area contributed by atoms with E-state index in [-0.39, 0.29) is 18.1 Å². The molecule has 1 aromatic rings. The zero-order valence-electron chi connectivity index (χ0n) is 14.7. The number of nitrogens with one attached hydrogen (secondary N) is 1. The Labute approximate surface area is 152 Å². The summed E-state index contributed by atoms with van der Waals surface area (Å²) in [6.45, 7) is 5.52. The minimum atomic E-state index is -0.263. The summed E-state index contributed by atoms with van der Waals surface area (Å²) in [5.74, 6) is 0.221. The Morgan fingerprint density at radius 2 is 1.92 bits per heavy atom. The van der Waals surface area contributed by atoms with Crippen LogP contribution in [0.2, 0.25) is 0 Å². The van der Waals surface area contributed by atoms with Gasteiger partial charge in [-0.05, 0) is 25.0 Å². The van der Waals surface area contributed by atoms with E-state index in [2.05, 4.69) is 25.1 Å². The fourth-order valence-corrected chi connectivity index (χ4v) is 3.74. The second kappa shape index (κ2) is 7.51. The largest absolute Gasteiger partial charge is 0.379 e. The Kier molecular flexibility index (Phi) is 4.94. The molecule has 3 aliphatic heterocycles. The van der Waals surface area contributed by atoms with Gasteiger partial charge < -0.3 is 15.0 Å². The van der Waals surface area contributed by atoms with Gasteiger partial charge in [0, 0.05) is 38.4 Å². The van der Waals surface area contributed by atoms with Gasteiger partial charge in [0.1, 0.15) is 0 Å². The predicted octanol–water partition coefficient (Wildman–Crippen LogP) is 0.208. The topological polar surface area (TPSA) is 87.7 Å². The van der Waals surface area contributed by atoms with Crippen molar-refractivity contribution in [1.29, 1.82) is 0 Å². The van der Waals surface area contributed by atoms with E-state index < -0.39 is 0 Å². The average molecular weight is 357 g/mol. The summed E-state index contributed by atoms with van der Waals surface area (Å²) < 4.78 is 5.44. The Morgan fingerprint density at radius 3 is 2.62 bits per heavy atom. The molecular weight excluding hydrogens is 334 g/mol. The second-order valence-electron chi connectivity index (χ2n) is 6.85. The van der Waals surface area contributed by atoms with Crippen molar-refractivity contribution in [2.45, 2.75) is 25.3 Å². The maximum Gasteiger partial charge on any atom is 0.232 e. The molecule has 26 heavy (non-hydrogen) atoms. The number of amides is 1. The van der Waals surface area contributed by atoms with Crippen LogP contribution in [-0.4, -0.2) is 72.0 Å². The molecule has 138 valence electrons. The van der Waals surface area contributed by atoms with Crippen LogP contribution in [0.3, 0.4) is 0 Å². The third-order valence-corrected chi connectivity index (χ3v) is 5.16. The summed E-state index contributed by atoms with van der Waals surface area (Å²) in [7, 11) is 0. The van der Waals surface area contributed by atoms with Crippen LogP contribution in [0.25, 0.3) is 6.08 Å². The van der Waals surface area contributed by atoms with Crippen LogP contribution in [0.4, 0.5) is 5.95 Å². The summed E-state index contributed by atoms with van der Waals surface area (Å²) in [6, 6.07) is 2.35. The van der Waals surface area contributed by atoms with E-state index in [9.17, 15) is 9.59 Å². The van der Waals surface area contributed by atoms with E-state index in [0.717, 1.165) is 52.2 Å². The summed E-state index contributed by atoms with van der Waals surface area (Å²) in [4.78, 5) is 36.7. The van der Waals surface area contributed by atoms with Gasteiger partial charge in [0.05, 0.1) is 31.0 Å². The molecule has 8 nitrogen and oxygen atoms in total. The lowest BCUT2D eigenvalue weighted by Gasteiger charge is -2.40. The maximum atomic E-state index is 11.7. The molecule has 0 saturated carbocycles. The van der Waals surface area contributed by atoms with Crippen LogP contribution in [-0.2, 0) is 14.3 Å². The summed E-state index contributed by atoms with van der Waals surface area (Å²) in [5.41, 5.74) is 0.946. The number of nitrogens with zero attached hydrogens (tertiary/aromatic N) is 4. The fourth-order valence-electron chi connectivity index (χ4n) is 3.74. The van der Waals surface area contributed by atoms with E-state index in [1.165, 1.54) is 0 Å². The Balaban J connectivity index is 1.40. The lowest BCUT2D eigenvalue weighted by Crippen LogP contribution is -2.49. The maximum absolute atomic E-state index is 11.7. The molecule has 3 fully saturated rings. The van der Waals surface area contributed by atoms with Gasteiger partial charge in [-0.1, -0.05) is 0 Å². The fraction of sp³-hybridized carbons (Fsp3) is 0.556. The van der Waals surface area contributed by atoms with Crippen molar-refractivity contribution < 1.29 is 14.3 Å².